The number of rotatable bonds is 2. The summed E-state index contributed by atoms with van der Waals surface area (Å²) in [5, 5.41) is 11.4. The van der Waals surface area contributed by atoms with Gasteiger partial charge in [0, 0.05) is 17.6 Å². The number of fused-ring (bicyclic) bond motifs is 1. The summed E-state index contributed by atoms with van der Waals surface area (Å²) in [6.07, 6.45) is 3.83. The number of hydrogen-bond acceptors (Lipinski definition) is 7. The summed E-state index contributed by atoms with van der Waals surface area (Å²) in [4.78, 5) is 35.9. The Balaban J connectivity index is 1.80. The molecule has 7 heteroatoms. The van der Waals surface area contributed by atoms with Crippen LogP contribution in [-0.4, -0.2) is 46.1 Å². The Labute approximate surface area is 157 Å². The van der Waals surface area contributed by atoms with Crippen molar-refractivity contribution in [3.05, 3.63) is 36.0 Å². The van der Waals surface area contributed by atoms with Gasteiger partial charge in [0.1, 0.15) is 23.4 Å². The van der Waals surface area contributed by atoms with Gasteiger partial charge in [-0.1, -0.05) is 18.7 Å². The van der Waals surface area contributed by atoms with Gasteiger partial charge in [-0.25, -0.2) is 19.4 Å². The van der Waals surface area contributed by atoms with Crippen LogP contribution in [-0.2, 0) is 28.8 Å². The molecular weight excluding hydrogens is 352 g/mol. The zero-order valence-electron chi connectivity index (χ0n) is 15.9. The van der Waals surface area contributed by atoms with E-state index in [-0.39, 0.29) is 12.0 Å². The topological polar surface area (TPSA) is 91.3 Å². The van der Waals surface area contributed by atoms with E-state index in [1.165, 1.54) is 0 Å². The smallest absolute Gasteiger partial charge is 0.334 e. The first kappa shape index (κ1) is 18.4. The molecule has 1 N–H and O–H groups in total. The average Bonchev–Trinajstić information content (AvgIpc) is 3.16. The van der Waals surface area contributed by atoms with E-state index in [1.54, 1.807) is 32.9 Å². The number of carbonyl (C=O) groups is 2. The second-order valence-electron chi connectivity index (χ2n) is 8.27. The molecule has 146 valence electrons. The fourth-order valence-electron chi connectivity index (χ4n) is 4.87. The summed E-state index contributed by atoms with van der Waals surface area (Å²) >= 11 is 0. The van der Waals surface area contributed by atoms with Crippen LogP contribution < -0.4 is 0 Å². The summed E-state index contributed by atoms with van der Waals surface area (Å²) in [6, 6.07) is 0. The maximum absolute atomic E-state index is 12.4. The van der Waals surface area contributed by atoms with Crippen molar-refractivity contribution in [2.24, 2.45) is 11.8 Å². The van der Waals surface area contributed by atoms with E-state index >= 15 is 0 Å². The number of aliphatic hydroxyl groups is 1. The van der Waals surface area contributed by atoms with Gasteiger partial charge in [0.15, 0.2) is 5.60 Å². The second-order valence-corrected chi connectivity index (χ2v) is 8.27. The zero-order chi connectivity index (χ0) is 19.8. The van der Waals surface area contributed by atoms with Gasteiger partial charge in [0.25, 0.3) is 0 Å². The molecule has 0 unspecified atom stereocenters. The molecule has 2 aliphatic carbocycles. The van der Waals surface area contributed by atoms with E-state index in [0.29, 0.717) is 5.57 Å². The van der Waals surface area contributed by atoms with Crippen LogP contribution in [0, 0.1) is 11.8 Å². The standard InChI is InChI=1S/C20H24O7/c1-6-10(2)16(21)24-12-9-19(5,23)20-8-7-18(4,26-27-20)15(20)14-13(12)11(3)17(22)25-14/h6-8,12-15,23H,3,9H2,1-2,4-5H3/b10-6+/t12-,13+,14-,15-,18+,19+,20-/m0/s1. The lowest BCUT2D eigenvalue weighted by Gasteiger charge is -2.40. The van der Waals surface area contributed by atoms with Crippen molar-refractivity contribution in [1.82, 2.24) is 0 Å². The summed E-state index contributed by atoms with van der Waals surface area (Å²) < 4.78 is 11.4. The first-order valence-electron chi connectivity index (χ1n) is 9.09. The molecule has 7 atom stereocenters. The van der Waals surface area contributed by atoms with Gasteiger partial charge < -0.3 is 14.6 Å². The summed E-state index contributed by atoms with van der Waals surface area (Å²) in [7, 11) is 0. The fraction of sp³-hybridized carbons (Fsp3) is 0.600. The monoisotopic (exact) mass is 376 g/mol. The first-order chi connectivity index (χ1) is 12.6. The van der Waals surface area contributed by atoms with E-state index < -0.39 is 52.8 Å². The van der Waals surface area contributed by atoms with E-state index in [4.69, 9.17) is 19.2 Å². The summed E-state index contributed by atoms with van der Waals surface area (Å²) in [6.45, 7) is 10.7. The molecule has 4 aliphatic rings. The van der Waals surface area contributed by atoms with Crippen LogP contribution in [0.2, 0.25) is 0 Å². The number of hydrogen-bond donors (Lipinski definition) is 1. The van der Waals surface area contributed by atoms with Crippen molar-refractivity contribution in [2.75, 3.05) is 0 Å². The van der Waals surface area contributed by atoms with Crippen molar-refractivity contribution in [1.29, 1.82) is 0 Å². The Kier molecular flexibility index (Phi) is 3.77. The highest BCUT2D eigenvalue weighted by Gasteiger charge is 2.75. The molecule has 2 heterocycles. The van der Waals surface area contributed by atoms with Gasteiger partial charge in [-0.3, -0.25) is 0 Å². The normalized spacial score (nSPS) is 48.1. The third kappa shape index (κ3) is 2.25. The molecule has 0 aromatic rings. The third-order valence-electron chi connectivity index (χ3n) is 6.55. The number of ether oxygens (including phenoxy) is 2. The molecule has 2 bridgehead atoms. The SMILES string of the molecule is C=C1C(=O)O[C@H]2[C@H]1[C@@H](OC(=O)/C(C)=C/C)C[C@@](C)(O)[C@@]13C=C[C@@](C)(OO1)[C@H]23. The minimum Gasteiger partial charge on any atom is -0.458 e. The van der Waals surface area contributed by atoms with E-state index in [1.807, 2.05) is 13.0 Å². The van der Waals surface area contributed by atoms with Crippen LogP contribution >= 0.6 is 0 Å². The molecule has 0 aromatic heterocycles. The second kappa shape index (κ2) is 5.53. The molecule has 0 radical (unpaired) electrons. The molecular formula is C20H24O7. The van der Waals surface area contributed by atoms with Crippen molar-refractivity contribution in [3.63, 3.8) is 0 Å². The van der Waals surface area contributed by atoms with Gasteiger partial charge in [-0.2, -0.15) is 0 Å². The minimum atomic E-state index is -1.42. The van der Waals surface area contributed by atoms with Crippen LogP contribution in [0.3, 0.4) is 0 Å². The lowest BCUT2D eigenvalue weighted by molar-refractivity contribution is -0.361. The molecule has 27 heavy (non-hydrogen) atoms. The molecule has 0 spiro atoms. The van der Waals surface area contributed by atoms with E-state index in [2.05, 4.69) is 6.58 Å². The lowest BCUT2D eigenvalue weighted by atomic mass is 9.71. The quantitative estimate of drug-likeness (QED) is 0.340. The van der Waals surface area contributed by atoms with Gasteiger partial charge in [0.05, 0.1) is 11.8 Å². The number of esters is 2. The molecule has 3 fully saturated rings. The average molecular weight is 376 g/mol. The highest BCUT2D eigenvalue weighted by atomic mass is 17.2. The molecule has 2 aliphatic heterocycles. The van der Waals surface area contributed by atoms with Gasteiger partial charge in [-0.05, 0) is 33.8 Å². The Morgan fingerprint density at radius 2 is 2.07 bits per heavy atom. The molecule has 2 saturated heterocycles. The molecule has 0 amide bonds. The van der Waals surface area contributed by atoms with E-state index in [9.17, 15) is 14.7 Å². The third-order valence-corrected chi connectivity index (χ3v) is 6.55. The van der Waals surface area contributed by atoms with Gasteiger partial charge in [-0.15, -0.1) is 0 Å². The van der Waals surface area contributed by atoms with Crippen molar-refractivity contribution >= 4 is 11.9 Å². The van der Waals surface area contributed by atoms with Crippen LogP contribution in [0.1, 0.15) is 34.1 Å². The Morgan fingerprint density at radius 3 is 2.67 bits per heavy atom. The Morgan fingerprint density at radius 1 is 1.37 bits per heavy atom. The molecule has 4 rings (SSSR count). The number of carbonyl (C=O) groups excluding carboxylic acids is 2. The maximum Gasteiger partial charge on any atom is 0.334 e. The maximum atomic E-state index is 12.4. The van der Waals surface area contributed by atoms with Crippen molar-refractivity contribution < 1.29 is 33.9 Å². The van der Waals surface area contributed by atoms with E-state index in [0.717, 1.165) is 0 Å². The van der Waals surface area contributed by atoms with Gasteiger partial charge in [0.2, 0.25) is 0 Å². The van der Waals surface area contributed by atoms with Crippen LogP contribution in [0.5, 0.6) is 0 Å². The highest BCUT2D eigenvalue weighted by molar-refractivity contribution is 5.92. The zero-order valence-corrected chi connectivity index (χ0v) is 15.9. The number of allylic oxidation sites excluding steroid dienone is 1. The highest BCUT2D eigenvalue weighted by Crippen LogP contribution is 2.61. The lowest BCUT2D eigenvalue weighted by Crippen LogP contribution is -2.56. The van der Waals surface area contributed by atoms with Crippen LogP contribution in [0.4, 0.5) is 0 Å². The van der Waals surface area contributed by atoms with Crippen molar-refractivity contribution in [3.8, 4) is 0 Å². The Bertz CT molecular complexity index is 794. The molecule has 7 nitrogen and oxygen atoms in total. The summed E-state index contributed by atoms with van der Waals surface area (Å²) in [5.74, 6) is -2.10. The first-order valence-corrected chi connectivity index (χ1v) is 9.09. The van der Waals surface area contributed by atoms with Crippen LogP contribution in [0.25, 0.3) is 0 Å². The Hall–Kier alpha value is -1.96. The van der Waals surface area contributed by atoms with Crippen molar-refractivity contribution in [2.45, 2.75) is 63.1 Å². The fourth-order valence-corrected chi connectivity index (χ4v) is 4.87. The van der Waals surface area contributed by atoms with Gasteiger partial charge >= 0.3 is 11.9 Å². The molecule has 1 saturated carbocycles. The van der Waals surface area contributed by atoms with Crippen LogP contribution in [0.15, 0.2) is 36.0 Å². The molecule has 0 aromatic carbocycles. The largest absolute Gasteiger partial charge is 0.458 e. The summed E-state index contributed by atoms with van der Waals surface area (Å²) in [5.41, 5.74) is -2.81. The predicted molar refractivity (Wildman–Crippen MR) is 93.0 cm³/mol. The predicted octanol–water partition coefficient (Wildman–Crippen LogP) is 1.76. The minimum absolute atomic E-state index is 0.0485.